The number of rotatable bonds is 6. The average molecular weight is 305 g/mol. The molecule has 2 aromatic carbocycles. The van der Waals surface area contributed by atoms with Gasteiger partial charge in [0.2, 0.25) is 0 Å². The molecule has 0 aromatic heterocycles. The van der Waals surface area contributed by atoms with Crippen molar-refractivity contribution >= 4 is 17.3 Å². The number of benzene rings is 2. The molecule has 0 spiro atoms. The Balaban J connectivity index is 1.95. The van der Waals surface area contributed by atoms with Gasteiger partial charge in [0.15, 0.2) is 0 Å². The summed E-state index contributed by atoms with van der Waals surface area (Å²) in [5.41, 5.74) is 8.08. The second kappa shape index (κ2) is 7.20. The van der Waals surface area contributed by atoms with E-state index in [1.54, 1.807) is 12.1 Å². The molecule has 0 saturated heterocycles. The maximum Gasteiger partial charge on any atom is 0.272 e. The lowest BCUT2D eigenvalue weighted by molar-refractivity contribution is -0.385. The summed E-state index contributed by atoms with van der Waals surface area (Å²) in [5, 5.41) is 11.6. The third-order valence-electron chi connectivity index (χ3n) is 3.36. The highest BCUT2D eigenvalue weighted by Gasteiger charge is 2.13. The van der Waals surface area contributed by atoms with E-state index in [9.17, 15) is 10.1 Å². The summed E-state index contributed by atoms with van der Waals surface area (Å²) in [6.45, 7) is 0. The quantitative estimate of drug-likeness (QED) is 0.652. The third-order valence-corrected chi connectivity index (χ3v) is 3.59. The second-order valence-electron chi connectivity index (χ2n) is 5.02. The minimum absolute atomic E-state index is 0.0525. The van der Waals surface area contributed by atoms with Gasteiger partial charge in [0, 0.05) is 22.7 Å². The lowest BCUT2D eigenvalue weighted by Crippen LogP contribution is -2.23. The van der Waals surface area contributed by atoms with Gasteiger partial charge in [0.1, 0.15) is 0 Å². The number of nitro benzene ring substituents is 1. The van der Waals surface area contributed by atoms with Crippen molar-refractivity contribution < 1.29 is 4.92 Å². The van der Waals surface area contributed by atoms with Crippen molar-refractivity contribution in [3.8, 4) is 0 Å². The Morgan fingerprint density at radius 2 is 1.95 bits per heavy atom. The molecule has 21 heavy (non-hydrogen) atoms. The molecular formula is C16H17ClN2O2. The number of nitrogens with zero attached hydrogens (tertiary/aromatic N) is 1. The van der Waals surface area contributed by atoms with E-state index in [-0.39, 0.29) is 16.7 Å². The maximum absolute atomic E-state index is 11.0. The molecule has 1 atom stereocenters. The van der Waals surface area contributed by atoms with Crippen LogP contribution in [0.3, 0.4) is 0 Å². The van der Waals surface area contributed by atoms with Gasteiger partial charge in [-0.1, -0.05) is 41.9 Å². The molecule has 0 radical (unpaired) electrons. The van der Waals surface area contributed by atoms with Crippen LogP contribution in [-0.2, 0) is 12.8 Å². The highest BCUT2D eigenvalue weighted by Crippen LogP contribution is 2.20. The zero-order chi connectivity index (χ0) is 15.2. The van der Waals surface area contributed by atoms with Crippen LogP contribution in [0.5, 0.6) is 0 Å². The monoisotopic (exact) mass is 304 g/mol. The molecule has 1 unspecified atom stereocenters. The topological polar surface area (TPSA) is 69.2 Å². The number of para-hydroxylation sites is 1. The standard InChI is InChI=1S/C16H17ClN2O2/c17-14-6-3-4-12(10-14)11-15(18)9-8-13-5-1-2-7-16(13)19(20)21/h1-7,10,15H,8-9,11,18H2. The van der Waals surface area contributed by atoms with Crippen molar-refractivity contribution in [1.29, 1.82) is 0 Å². The molecule has 2 aromatic rings. The Kier molecular flexibility index (Phi) is 5.31. The Labute approximate surface area is 128 Å². The van der Waals surface area contributed by atoms with Crippen LogP contribution in [0.4, 0.5) is 5.69 Å². The zero-order valence-corrected chi connectivity index (χ0v) is 12.3. The smallest absolute Gasteiger partial charge is 0.272 e. The third kappa shape index (κ3) is 4.55. The van der Waals surface area contributed by atoms with Gasteiger partial charge >= 0.3 is 0 Å². The van der Waals surface area contributed by atoms with Gasteiger partial charge in [-0.2, -0.15) is 0 Å². The van der Waals surface area contributed by atoms with E-state index < -0.39 is 0 Å². The molecular weight excluding hydrogens is 288 g/mol. The lowest BCUT2D eigenvalue weighted by Gasteiger charge is -2.12. The Morgan fingerprint density at radius 3 is 2.67 bits per heavy atom. The number of hydrogen-bond donors (Lipinski definition) is 1. The van der Waals surface area contributed by atoms with Gasteiger partial charge in [-0.3, -0.25) is 10.1 Å². The first kappa shape index (κ1) is 15.5. The van der Waals surface area contributed by atoms with Crippen LogP contribution in [0.25, 0.3) is 0 Å². The predicted octanol–water partition coefficient (Wildman–Crippen LogP) is 3.75. The van der Waals surface area contributed by atoms with E-state index in [4.69, 9.17) is 17.3 Å². The first-order valence-electron chi connectivity index (χ1n) is 6.78. The second-order valence-corrected chi connectivity index (χ2v) is 5.46. The molecule has 2 N–H and O–H groups in total. The van der Waals surface area contributed by atoms with Crippen LogP contribution in [0.1, 0.15) is 17.5 Å². The van der Waals surface area contributed by atoms with Crippen LogP contribution < -0.4 is 5.73 Å². The van der Waals surface area contributed by atoms with Gasteiger partial charge in [0.25, 0.3) is 5.69 Å². The van der Waals surface area contributed by atoms with Gasteiger partial charge < -0.3 is 5.73 Å². The fourth-order valence-electron chi connectivity index (χ4n) is 2.31. The number of nitro groups is 1. The summed E-state index contributed by atoms with van der Waals surface area (Å²) >= 11 is 5.94. The first-order chi connectivity index (χ1) is 10.1. The molecule has 0 amide bonds. The van der Waals surface area contributed by atoms with Crippen molar-refractivity contribution in [2.75, 3.05) is 0 Å². The van der Waals surface area contributed by atoms with Crippen molar-refractivity contribution in [2.45, 2.75) is 25.3 Å². The number of halogens is 1. The van der Waals surface area contributed by atoms with E-state index in [0.717, 1.165) is 11.1 Å². The normalized spacial score (nSPS) is 12.1. The number of aryl methyl sites for hydroxylation is 1. The van der Waals surface area contributed by atoms with Crippen molar-refractivity contribution in [3.63, 3.8) is 0 Å². The highest BCUT2D eigenvalue weighted by atomic mass is 35.5. The molecule has 110 valence electrons. The van der Waals surface area contributed by atoms with Crippen molar-refractivity contribution in [1.82, 2.24) is 0 Å². The Hall–Kier alpha value is -1.91. The average Bonchev–Trinajstić information content (AvgIpc) is 2.45. The van der Waals surface area contributed by atoms with E-state index in [2.05, 4.69) is 0 Å². The van der Waals surface area contributed by atoms with Crippen LogP contribution in [0, 0.1) is 10.1 Å². The van der Waals surface area contributed by atoms with Crippen LogP contribution >= 0.6 is 11.6 Å². The van der Waals surface area contributed by atoms with Crippen LogP contribution in [0.15, 0.2) is 48.5 Å². The molecule has 0 aliphatic heterocycles. The molecule has 0 aliphatic rings. The van der Waals surface area contributed by atoms with E-state index >= 15 is 0 Å². The lowest BCUT2D eigenvalue weighted by atomic mass is 9.99. The summed E-state index contributed by atoms with van der Waals surface area (Å²) in [7, 11) is 0. The molecule has 0 heterocycles. The number of hydrogen-bond acceptors (Lipinski definition) is 3. The van der Waals surface area contributed by atoms with Crippen LogP contribution in [0.2, 0.25) is 5.02 Å². The zero-order valence-electron chi connectivity index (χ0n) is 11.5. The van der Waals surface area contributed by atoms with E-state index in [1.807, 2.05) is 30.3 Å². The van der Waals surface area contributed by atoms with Gasteiger partial charge in [0.05, 0.1) is 4.92 Å². The summed E-state index contributed by atoms with van der Waals surface area (Å²) in [4.78, 5) is 10.6. The SMILES string of the molecule is NC(CCc1ccccc1[N+](=O)[O-])Cc1cccc(Cl)c1. The molecule has 5 heteroatoms. The summed E-state index contributed by atoms with van der Waals surface area (Å²) < 4.78 is 0. The molecule has 4 nitrogen and oxygen atoms in total. The van der Waals surface area contributed by atoms with E-state index in [1.165, 1.54) is 6.07 Å². The first-order valence-corrected chi connectivity index (χ1v) is 7.16. The van der Waals surface area contributed by atoms with Gasteiger partial charge in [-0.05, 0) is 37.0 Å². The largest absolute Gasteiger partial charge is 0.327 e. The fourth-order valence-corrected chi connectivity index (χ4v) is 2.52. The number of nitrogens with two attached hydrogens (primary N) is 1. The molecule has 0 aliphatic carbocycles. The van der Waals surface area contributed by atoms with Crippen LogP contribution in [-0.4, -0.2) is 11.0 Å². The molecule has 2 rings (SSSR count). The summed E-state index contributed by atoms with van der Waals surface area (Å²) in [6.07, 6.45) is 2.00. The molecule has 0 saturated carbocycles. The van der Waals surface area contributed by atoms with Crippen molar-refractivity contribution in [2.24, 2.45) is 5.73 Å². The van der Waals surface area contributed by atoms with Gasteiger partial charge in [-0.25, -0.2) is 0 Å². The minimum Gasteiger partial charge on any atom is -0.327 e. The molecule has 0 bridgehead atoms. The molecule has 0 fully saturated rings. The fraction of sp³-hybridized carbons (Fsp3) is 0.250. The maximum atomic E-state index is 11.0. The highest BCUT2D eigenvalue weighted by molar-refractivity contribution is 6.30. The summed E-state index contributed by atoms with van der Waals surface area (Å²) in [6, 6.07) is 14.3. The van der Waals surface area contributed by atoms with Gasteiger partial charge in [-0.15, -0.1) is 0 Å². The van der Waals surface area contributed by atoms with Crippen molar-refractivity contribution in [3.05, 3.63) is 74.8 Å². The summed E-state index contributed by atoms with van der Waals surface area (Å²) in [5.74, 6) is 0. The minimum atomic E-state index is -0.349. The Morgan fingerprint density at radius 1 is 1.19 bits per heavy atom. The predicted molar refractivity (Wildman–Crippen MR) is 84.5 cm³/mol. The Bertz CT molecular complexity index is 631. The van der Waals surface area contributed by atoms with E-state index in [0.29, 0.717) is 24.3 Å².